The summed E-state index contributed by atoms with van der Waals surface area (Å²) in [6, 6.07) is 7.38. The molecule has 0 saturated heterocycles. The molecule has 0 aliphatic rings. The van der Waals surface area contributed by atoms with Gasteiger partial charge < -0.3 is 4.74 Å². The molecule has 176 valence electrons. The minimum atomic E-state index is -0.633. The third-order valence-corrected chi connectivity index (χ3v) is 6.59. The van der Waals surface area contributed by atoms with Gasteiger partial charge in [0.15, 0.2) is 0 Å². The second-order valence-corrected chi connectivity index (χ2v) is 9.17. The maximum Gasteiger partial charge on any atom is 0.329 e. The molecule has 5 heteroatoms. The summed E-state index contributed by atoms with van der Waals surface area (Å²) in [5, 5.41) is -0.633. The third-order valence-electron chi connectivity index (χ3n) is 5.98. The molecule has 0 fully saturated rings. The first-order valence-electron chi connectivity index (χ1n) is 12.3. The van der Waals surface area contributed by atoms with Gasteiger partial charge in [-0.05, 0) is 30.0 Å². The van der Waals surface area contributed by atoms with E-state index in [-0.39, 0.29) is 5.92 Å². The van der Waals surface area contributed by atoms with E-state index in [0.717, 1.165) is 36.2 Å². The summed E-state index contributed by atoms with van der Waals surface area (Å²) >= 11 is 6.17. The van der Waals surface area contributed by atoms with Crippen LogP contribution in [0.2, 0.25) is 0 Å². The van der Waals surface area contributed by atoms with Crippen LogP contribution in [0.5, 0.6) is 5.75 Å². The van der Waals surface area contributed by atoms with E-state index in [1.54, 1.807) is 12.1 Å². The van der Waals surface area contributed by atoms with Gasteiger partial charge in [-0.3, -0.25) is 4.79 Å². The van der Waals surface area contributed by atoms with Crippen molar-refractivity contribution in [3.8, 4) is 16.9 Å². The number of alkyl halides is 1. The van der Waals surface area contributed by atoms with Gasteiger partial charge in [0.05, 0.1) is 0 Å². The topological polar surface area (TPSA) is 52.1 Å². The van der Waals surface area contributed by atoms with Crippen molar-refractivity contribution in [3.05, 3.63) is 42.5 Å². The monoisotopic (exact) mass is 458 g/mol. The van der Waals surface area contributed by atoms with E-state index in [1.165, 1.54) is 51.4 Å². The van der Waals surface area contributed by atoms with Crippen molar-refractivity contribution in [2.75, 3.05) is 0 Å². The number of carbonyl (C=O) groups excluding carboxylic acids is 1. The van der Waals surface area contributed by atoms with E-state index >= 15 is 0 Å². The van der Waals surface area contributed by atoms with Gasteiger partial charge in [-0.25, -0.2) is 9.97 Å². The molecule has 0 saturated carbocycles. The van der Waals surface area contributed by atoms with Gasteiger partial charge in [0.1, 0.15) is 17.0 Å². The highest BCUT2D eigenvalue weighted by Gasteiger charge is 2.23. The second-order valence-electron chi connectivity index (χ2n) is 8.70. The van der Waals surface area contributed by atoms with Crippen molar-refractivity contribution in [1.29, 1.82) is 0 Å². The smallest absolute Gasteiger partial charge is 0.329 e. The highest BCUT2D eigenvalue weighted by atomic mass is 35.5. The van der Waals surface area contributed by atoms with Crippen LogP contribution in [0.3, 0.4) is 0 Å². The Kier molecular flexibility index (Phi) is 12.3. The lowest BCUT2D eigenvalue weighted by atomic mass is 10.1. The Bertz CT molecular complexity index is 777. The van der Waals surface area contributed by atoms with Gasteiger partial charge in [0.2, 0.25) is 0 Å². The number of hydrogen-bond acceptors (Lipinski definition) is 4. The highest BCUT2D eigenvalue weighted by Crippen LogP contribution is 2.23. The van der Waals surface area contributed by atoms with E-state index in [9.17, 15) is 4.79 Å². The van der Waals surface area contributed by atoms with Gasteiger partial charge >= 0.3 is 5.97 Å². The molecule has 0 amide bonds. The zero-order chi connectivity index (χ0) is 23.2. The van der Waals surface area contributed by atoms with E-state index in [0.29, 0.717) is 5.75 Å². The molecule has 32 heavy (non-hydrogen) atoms. The largest absolute Gasteiger partial charge is 0.425 e. The van der Waals surface area contributed by atoms with Gasteiger partial charge in [-0.1, -0.05) is 90.7 Å². The first kappa shape index (κ1) is 26.3. The number of esters is 1. The molecule has 0 radical (unpaired) electrons. The lowest BCUT2D eigenvalue weighted by Crippen LogP contribution is -2.26. The molecule has 1 aromatic heterocycles. The predicted octanol–water partition coefficient (Wildman–Crippen LogP) is 7.78. The Balaban J connectivity index is 1.74. The van der Waals surface area contributed by atoms with Crippen LogP contribution in [0.25, 0.3) is 11.1 Å². The summed E-state index contributed by atoms with van der Waals surface area (Å²) < 4.78 is 5.40. The number of carbonyl (C=O) groups is 1. The fourth-order valence-electron chi connectivity index (χ4n) is 3.55. The molecular weight excluding hydrogens is 420 g/mol. The minimum Gasteiger partial charge on any atom is -0.425 e. The molecule has 0 aliphatic heterocycles. The number of unbranched alkanes of at least 4 members (excludes halogenated alkanes) is 8. The molecular formula is C27H39ClN2O2. The number of nitrogens with zero attached hydrogens (tertiary/aromatic N) is 2. The van der Waals surface area contributed by atoms with E-state index in [4.69, 9.17) is 16.3 Å². The van der Waals surface area contributed by atoms with Crippen LogP contribution in [0.1, 0.15) is 90.8 Å². The highest BCUT2D eigenvalue weighted by molar-refractivity contribution is 6.30. The predicted molar refractivity (Wildman–Crippen MR) is 133 cm³/mol. The molecule has 0 spiro atoms. The number of aromatic nitrogens is 2. The molecule has 0 N–H and O–H groups in total. The Morgan fingerprint density at radius 1 is 0.875 bits per heavy atom. The van der Waals surface area contributed by atoms with Crippen molar-refractivity contribution in [3.63, 3.8) is 0 Å². The van der Waals surface area contributed by atoms with Crippen LogP contribution >= 0.6 is 11.6 Å². The lowest BCUT2D eigenvalue weighted by molar-refractivity contribution is -0.134. The van der Waals surface area contributed by atoms with Crippen molar-refractivity contribution >= 4 is 17.6 Å². The normalized spacial score (nSPS) is 13.0. The fraction of sp³-hybridized carbons (Fsp3) is 0.593. The zero-order valence-corrected chi connectivity index (χ0v) is 20.7. The lowest BCUT2D eigenvalue weighted by Gasteiger charge is -2.15. The molecule has 2 unspecified atom stereocenters. The van der Waals surface area contributed by atoms with Crippen molar-refractivity contribution in [2.24, 2.45) is 5.92 Å². The SMILES string of the molecule is CCCCCCCCCCCc1ncc(-c2ccc(OC(=O)C(Cl)C(C)CC)cc2)cn1. The Hall–Kier alpha value is -1.94. The Morgan fingerprint density at radius 3 is 2.00 bits per heavy atom. The van der Waals surface area contributed by atoms with Crippen LogP contribution in [0.15, 0.2) is 36.7 Å². The summed E-state index contributed by atoms with van der Waals surface area (Å²) in [6.45, 7) is 6.21. The van der Waals surface area contributed by atoms with Crippen LogP contribution < -0.4 is 4.74 Å². The standard InChI is InChI=1S/C27H39ClN2O2/c1-4-6-7-8-9-10-11-12-13-14-25-29-19-23(20-30-25)22-15-17-24(18-16-22)32-27(31)26(28)21(3)5-2/h15-21,26H,4-14H2,1-3H3. The number of hydrogen-bond donors (Lipinski definition) is 0. The number of benzene rings is 1. The average Bonchev–Trinajstić information content (AvgIpc) is 2.83. The molecule has 1 aromatic carbocycles. The summed E-state index contributed by atoms with van der Waals surface area (Å²) in [6.07, 6.45) is 17.4. The quantitative estimate of drug-likeness (QED) is 0.118. The fourth-order valence-corrected chi connectivity index (χ4v) is 3.78. The zero-order valence-electron chi connectivity index (χ0n) is 20.0. The summed E-state index contributed by atoms with van der Waals surface area (Å²) in [4.78, 5) is 21.2. The number of aryl methyl sites for hydroxylation is 1. The number of halogens is 1. The maximum absolute atomic E-state index is 12.1. The van der Waals surface area contributed by atoms with Gasteiger partial charge in [-0.15, -0.1) is 11.6 Å². The van der Waals surface area contributed by atoms with Gasteiger partial charge in [0.25, 0.3) is 0 Å². The molecule has 4 nitrogen and oxygen atoms in total. The van der Waals surface area contributed by atoms with Crippen LogP contribution in [0.4, 0.5) is 0 Å². The van der Waals surface area contributed by atoms with Crippen LogP contribution in [-0.2, 0) is 11.2 Å². The summed E-state index contributed by atoms with van der Waals surface area (Å²) in [5.41, 5.74) is 1.94. The first-order valence-corrected chi connectivity index (χ1v) is 12.8. The summed E-state index contributed by atoms with van der Waals surface area (Å²) in [7, 11) is 0. The minimum absolute atomic E-state index is 0.0784. The molecule has 0 aliphatic carbocycles. The third kappa shape index (κ3) is 9.28. The van der Waals surface area contributed by atoms with Crippen molar-refractivity contribution < 1.29 is 9.53 Å². The van der Waals surface area contributed by atoms with Crippen molar-refractivity contribution in [2.45, 2.75) is 96.8 Å². The number of ether oxygens (including phenoxy) is 1. The molecule has 2 aromatic rings. The Labute approximate surface area is 199 Å². The number of rotatable bonds is 15. The molecule has 2 rings (SSSR count). The van der Waals surface area contributed by atoms with Crippen LogP contribution in [-0.4, -0.2) is 21.3 Å². The molecule has 2 atom stereocenters. The second kappa shape index (κ2) is 15.0. The summed E-state index contributed by atoms with van der Waals surface area (Å²) in [5.74, 6) is 1.07. The Morgan fingerprint density at radius 2 is 1.44 bits per heavy atom. The van der Waals surface area contributed by atoms with E-state index in [2.05, 4.69) is 16.9 Å². The first-order chi connectivity index (χ1) is 15.5. The van der Waals surface area contributed by atoms with Gasteiger partial charge in [-0.2, -0.15) is 0 Å². The van der Waals surface area contributed by atoms with Crippen molar-refractivity contribution in [1.82, 2.24) is 9.97 Å². The average molecular weight is 459 g/mol. The maximum atomic E-state index is 12.1. The van der Waals surface area contributed by atoms with E-state index in [1.807, 2.05) is 38.4 Å². The van der Waals surface area contributed by atoms with Gasteiger partial charge in [0, 0.05) is 24.4 Å². The molecule has 1 heterocycles. The molecule has 0 bridgehead atoms. The van der Waals surface area contributed by atoms with Crippen LogP contribution in [0, 0.1) is 5.92 Å². The van der Waals surface area contributed by atoms with E-state index < -0.39 is 11.3 Å².